The maximum Gasteiger partial charge on any atom is 0.410 e. The predicted octanol–water partition coefficient (Wildman–Crippen LogP) is 2.89. The third-order valence-electron chi connectivity index (χ3n) is 3.47. The van der Waals surface area contributed by atoms with Crippen LogP contribution < -0.4 is 0 Å². The molecule has 0 aromatic heterocycles. The third kappa shape index (κ3) is 1.29. The number of ether oxygens (including phenoxy) is 1. The first-order valence-electron chi connectivity index (χ1n) is 5.41. The summed E-state index contributed by atoms with van der Waals surface area (Å²) in [5, 5.41) is 0. The van der Waals surface area contributed by atoms with Crippen LogP contribution in [0.15, 0.2) is 22.7 Å². The Bertz CT molecular complexity index is 460. The number of benzene rings is 1. The molecule has 2 aliphatic rings. The summed E-state index contributed by atoms with van der Waals surface area (Å²) < 4.78 is 6.25. The van der Waals surface area contributed by atoms with Crippen molar-refractivity contribution in [3.63, 3.8) is 0 Å². The van der Waals surface area contributed by atoms with Gasteiger partial charge in [0.2, 0.25) is 0 Å². The molecule has 0 bridgehead atoms. The normalized spacial score (nSPS) is 27.4. The van der Waals surface area contributed by atoms with Gasteiger partial charge in [0.15, 0.2) is 0 Å². The molecule has 16 heavy (non-hydrogen) atoms. The first-order chi connectivity index (χ1) is 7.68. The number of hydrogen-bond acceptors (Lipinski definition) is 2. The van der Waals surface area contributed by atoms with Crippen molar-refractivity contribution in [3.8, 4) is 0 Å². The molecule has 0 aliphatic carbocycles. The number of hydrogen-bond donors (Lipinski definition) is 0. The molecule has 1 fully saturated rings. The number of nitrogens with zero attached hydrogens (tertiary/aromatic N) is 1. The number of fused-ring (bicyclic) bond motifs is 2. The molecule has 0 N–H and O–H groups in total. The summed E-state index contributed by atoms with van der Waals surface area (Å²) in [4.78, 5) is 13.5. The van der Waals surface area contributed by atoms with E-state index >= 15 is 0 Å². The standard InChI is InChI=1S/C12H12BrNO2/c1-7-9-3-2-4-11(13)10(9)5-8-6-16-12(15)14(7)8/h2-4,7-8H,5-6H2,1H3/t7?,8-/m0/s1. The van der Waals surface area contributed by atoms with Gasteiger partial charge in [0.25, 0.3) is 0 Å². The van der Waals surface area contributed by atoms with Crippen molar-refractivity contribution in [1.29, 1.82) is 0 Å². The van der Waals surface area contributed by atoms with Gasteiger partial charge in [-0.15, -0.1) is 0 Å². The highest BCUT2D eigenvalue weighted by atomic mass is 79.9. The minimum absolute atomic E-state index is 0.112. The summed E-state index contributed by atoms with van der Waals surface area (Å²) in [7, 11) is 0. The summed E-state index contributed by atoms with van der Waals surface area (Å²) >= 11 is 3.58. The molecule has 2 heterocycles. The Balaban J connectivity index is 2.10. The maximum atomic E-state index is 11.6. The summed E-state index contributed by atoms with van der Waals surface area (Å²) in [5.41, 5.74) is 2.54. The molecule has 4 heteroatoms. The van der Waals surface area contributed by atoms with Crippen LogP contribution >= 0.6 is 15.9 Å². The molecule has 84 valence electrons. The molecule has 2 atom stereocenters. The zero-order chi connectivity index (χ0) is 11.3. The average Bonchev–Trinajstić information content (AvgIpc) is 2.63. The zero-order valence-corrected chi connectivity index (χ0v) is 10.5. The fourth-order valence-corrected chi connectivity index (χ4v) is 3.21. The minimum Gasteiger partial charge on any atom is -0.447 e. The Labute approximate surface area is 103 Å². The van der Waals surface area contributed by atoms with E-state index in [1.54, 1.807) is 0 Å². The van der Waals surface area contributed by atoms with E-state index in [2.05, 4.69) is 35.0 Å². The second-order valence-corrected chi connectivity index (χ2v) is 5.18. The number of rotatable bonds is 0. The van der Waals surface area contributed by atoms with Crippen molar-refractivity contribution in [1.82, 2.24) is 4.90 Å². The fraction of sp³-hybridized carbons (Fsp3) is 0.417. The molecular weight excluding hydrogens is 270 g/mol. The number of carbonyl (C=O) groups excluding carboxylic acids is 1. The SMILES string of the molecule is CC1c2cccc(Br)c2C[C@H]2COC(=O)N12. The van der Waals surface area contributed by atoms with Crippen LogP contribution in [-0.2, 0) is 11.2 Å². The fourth-order valence-electron chi connectivity index (χ4n) is 2.67. The van der Waals surface area contributed by atoms with Crippen molar-refractivity contribution in [2.75, 3.05) is 6.61 Å². The molecule has 0 radical (unpaired) electrons. The smallest absolute Gasteiger partial charge is 0.410 e. The molecule has 1 amide bonds. The first kappa shape index (κ1) is 10.1. The molecule has 1 unspecified atom stereocenters. The Morgan fingerprint density at radius 2 is 2.31 bits per heavy atom. The number of cyclic esters (lactones) is 1. The molecule has 0 spiro atoms. The molecule has 2 aliphatic heterocycles. The third-order valence-corrected chi connectivity index (χ3v) is 4.21. The second-order valence-electron chi connectivity index (χ2n) is 4.33. The molecule has 1 aromatic carbocycles. The van der Waals surface area contributed by atoms with E-state index in [0.717, 1.165) is 10.9 Å². The lowest BCUT2D eigenvalue weighted by Crippen LogP contribution is -2.41. The largest absolute Gasteiger partial charge is 0.447 e. The molecular formula is C12H12BrNO2. The molecule has 0 saturated carbocycles. The van der Waals surface area contributed by atoms with E-state index in [1.807, 2.05) is 11.0 Å². The summed E-state index contributed by atoms with van der Waals surface area (Å²) in [6.45, 7) is 2.58. The lowest BCUT2D eigenvalue weighted by molar-refractivity contribution is 0.144. The van der Waals surface area contributed by atoms with Gasteiger partial charge in [-0.3, -0.25) is 4.90 Å². The van der Waals surface area contributed by atoms with Gasteiger partial charge >= 0.3 is 6.09 Å². The van der Waals surface area contributed by atoms with Crippen molar-refractivity contribution >= 4 is 22.0 Å². The number of carbonyl (C=O) groups is 1. The van der Waals surface area contributed by atoms with Crippen LogP contribution in [0.5, 0.6) is 0 Å². The predicted molar refractivity (Wildman–Crippen MR) is 63.2 cm³/mol. The van der Waals surface area contributed by atoms with Gasteiger partial charge in [0, 0.05) is 4.47 Å². The van der Waals surface area contributed by atoms with Gasteiger partial charge in [-0.05, 0) is 30.5 Å². The van der Waals surface area contributed by atoms with Gasteiger partial charge in [-0.2, -0.15) is 0 Å². The number of halogens is 1. The van der Waals surface area contributed by atoms with Crippen LogP contribution in [-0.4, -0.2) is 23.6 Å². The van der Waals surface area contributed by atoms with Crippen LogP contribution in [0.4, 0.5) is 4.79 Å². The quantitative estimate of drug-likeness (QED) is 0.732. The van der Waals surface area contributed by atoms with Crippen molar-refractivity contribution in [2.24, 2.45) is 0 Å². The molecule has 1 aromatic rings. The summed E-state index contributed by atoms with van der Waals surface area (Å²) in [6, 6.07) is 6.47. The van der Waals surface area contributed by atoms with E-state index in [0.29, 0.717) is 6.61 Å². The average molecular weight is 282 g/mol. The highest BCUT2D eigenvalue weighted by molar-refractivity contribution is 9.10. The Morgan fingerprint density at radius 3 is 3.12 bits per heavy atom. The highest BCUT2D eigenvalue weighted by Gasteiger charge is 2.41. The van der Waals surface area contributed by atoms with Crippen LogP contribution in [0.25, 0.3) is 0 Å². The van der Waals surface area contributed by atoms with Crippen molar-refractivity contribution in [2.45, 2.75) is 25.4 Å². The Hall–Kier alpha value is -1.03. The molecule has 3 nitrogen and oxygen atoms in total. The van der Waals surface area contributed by atoms with Crippen LogP contribution in [0.2, 0.25) is 0 Å². The van der Waals surface area contributed by atoms with Gasteiger partial charge in [-0.1, -0.05) is 28.1 Å². The summed E-state index contributed by atoms with van der Waals surface area (Å²) in [6.07, 6.45) is 0.704. The lowest BCUT2D eigenvalue weighted by atomic mass is 9.90. The number of amides is 1. The van der Waals surface area contributed by atoms with Gasteiger partial charge in [0.05, 0.1) is 12.1 Å². The maximum absolute atomic E-state index is 11.6. The van der Waals surface area contributed by atoms with Gasteiger partial charge < -0.3 is 4.74 Å². The van der Waals surface area contributed by atoms with E-state index in [1.165, 1.54) is 11.1 Å². The molecule has 1 saturated heterocycles. The zero-order valence-electron chi connectivity index (χ0n) is 8.94. The van der Waals surface area contributed by atoms with E-state index in [9.17, 15) is 4.79 Å². The van der Waals surface area contributed by atoms with Crippen LogP contribution in [0.1, 0.15) is 24.1 Å². The van der Waals surface area contributed by atoms with Gasteiger partial charge in [0.1, 0.15) is 6.61 Å². The van der Waals surface area contributed by atoms with Gasteiger partial charge in [-0.25, -0.2) is 4.79 Å². The van der Waals surface area contributed by atoms with Crippen LogP contribution in [0, 0.1) is 0 Å². The summed E-state index contributed by atoms with van der Waals surface area (Å²) in [5.74, 6) is 0. The second kappa shape index (κ2) is 3.48. The minimum atomic E-state index is -0.178. The van der Waals surface area contributed by atoms with Crippen molar-refractivity contribution < 1.29 is 9.53 Å². The first-order valence-corrected chi connectivity index (χ1v) is 6.20. The van der Waals surface area contributed by atoms with E-state index in [-0.39, 0.29) is 18.2 Å². The monoisotopic (exact) mass is 281 g/mol. The topological polar surface area (TPSA) is 29.5 Å². The van der Waals surface area contributed by atoms with E-state index in [4.69, 9.17) is 4.74 Å². The Kier molecular flexibility index (Phi) is 2.21. The lowest BCUT2D eigenvalue weighted by Gasteiger charge is -2.35. The van der Waals surface area contributed by atoms with Crippen molar-refractivity contribution in [3.05, 3.63) is 33.8 Å². The van der Waals surface area contributed by atoms with Crippen LogP contribution in [0.3, 0.4) is 0 Å². The Morgan fingerprint density at radius 1 is 1.50 bits per heavy atom. The highest BCUT2D eigenvalue weighted by Crippen LogP contribution is 2.38. The molecule has 3 rings (SSSR count). The van der Waals surface area contributed by atoms with E-state index < -0.39 is 0 Å².